The van der Waals surface area contributed by atoms with Crippen molar-refractivity contribution in [1.29, 1.82) is 0 Å². The first-order valence-corrected chi connectivity index (χ1v) is 7.24. The van der Waals surface area contributed by atoms with Gasteiger partial charge >= 0.3 is 0 Å². The Labute approximate surface area is 127 Å². The lowest BCUT2D eigenvalue weighted by Crippen LogP contribution is -2.63. The maximum absolute atomic E-state index is 12.3. The Morgan fingerprint density at radius 3 is 2.90 bits per heavy atom. The lowest BCUT2D eigenvalue weighted by Gasteiger charge is -2.40. The van der Waals surface area contributed by atoms with E-state index in [1.165, 1.54) is 6.08 Å². The van der Waals surface area contributed by atoms with Gasteiger partial charge in [0.2, 0.25) is 11.8 Å². The van der Waals surface area contributed by atoms with Gasteiger partial charge in [-0.25, -0.2) is 0 Å². The molecule has 106 valence electrons. The van der Waals surface area contributed by atoms with Gasteiger partial charge in [0.1, 0.15) is 5.54 Å². The molecule has 1 aliphatic heterocycles. The molecule has 0 aliphatic carbocycles. The highest BCUT2D eigenvalue weighted by Crippen LogP contribution is 2.19. The molecule has 0 bridgehead atoms. The number of benzene rings is 1. The van der Waals surface area contributed by atoms with Crippen molar-refractivity contribution in [3.8, 4) is 0 Å². The molecule has 1 aliphatic rings. The molecule has 1 saturated heterocycles. The molecule has 1 N–H and O–H groups in total. The summed E-state index contributed by atoms with van der Waals surface area (Å²) in [6, 6.07) is 7.68. The number of piperazine rings is 1. The number of carbonyl (C=O) groups is 2. The molecule has 2 amide bonds. The molecule has 0 atom stereocenters. The third-order valence-electron chi connectivity index (χ3n) is 3.38. The van der Waals surface area contributed by atoms with Crippen LogP contribution >= 0.6 is 15.9 Å². The fraction of sp³-hybridized carbons (Fsp3) is 0.333. The average Bonchev–Trinajstić information content (AvgIpc) is 2.39. The fourth-order valence-corrected chi connectivity index (χ4v) is 2.57. The molecule has 1 aromatic rings. The van der Waals surface area contributed by atoms with E-state index in [9.17, 15) is 9.59 Å². The zero-order valence-electron chi connectivity index (χ0n) is 11.5. The molecule has 0 saturated carbocycles. The second-order valence-electron chi connectivity index (χ2n) is 5.19. The number of halogens is 1. The van der Waals surface area contributed by atoms with Crippen LogP contribution < -0.4 is 5.32 Å². The maximum Gasteiger partial charge on any atom is 0.247 e. The molecule has 1 fully saturated rings. The van der Waals surface area contributed by atoms with Gasteiger partial charge in [0.15, 0.2) is 0 Å². The van der Waals surface area contributed by atoms with Crippen molar-refractivity contribution < 1.29 is 9.59 Å². The highest BCUT2D eigenvalue weighted by molar-refractivity contribution is 9.10. The summed E-state index contributed by atoms with van der Waals surface area (Å²) >= 11 is 3.39. The number of nitrogens with one attached hydrogen (secondary N) is 1. The highest BCUT2D eigenvalue weighted by atomic mass is 79.9. The number of amides is 2. The second-order valence-corrected chi connectivity index (χ2v) is 6.11. The van der Waals surface area contributed by atoms with Crippen LogP contribution in [0.2, 0.25) is 0 Å². The minimum Gasteiger partial charge on any atom is -0.352 e. The van der Waals surface area contributed by atoms with Crippen molar-refractivity contribution in [3.63, 3.8) is 0 Å². The Morgan fingerprint density at radius 1 is 1.45 bits per heavy atom. The first-order chi connectivity index (χ1) is 9.41. The summed E-state index contributed by atoms with van der Waals surface area (Å²) < 4.78 is 0.963. The average molecular weight is 337 g/mol. The molecule has 1 aromatic carbocycles. The van der Waals surface area contributed by atoms with Gasteiger partial charge < -0.3 is 10.2 Å². The van der Waals surface area contributed by atoms with E-state index in [1.807, 2.05) is 24.3 Å². The first-order valence-electron chi connectivity index (χ1n) is 6.45. The van der Waals surface area contributed by atoms with Crippen molar-refractivity contribution in [2.24, 2.45) is 0 Å². The molecular formula is C15H17BrN2O2. The van der Waals surface area contributed by atoms with Crippen LogP contribution in [0.15, 0.2) is 34.8 Å². The second kappa shape index (κ2) is 5.79. The molecule has 0 aromatic heterocycles. The molecule has 0 radical (unpaired) electrons. The smallest absolute Gasteiger partial charge is 0.247 e. The van der Waals surface area contributed by atoms with Crippen molar-refractivity contribution >= 4 is 33.8 Å². The molecule has 2 rings (SSSR count). The summed E-state index contributed by atoms with van der Waals surface area (Å²) in [5.74, 6) is -0.266. The lowest BCUT2D eigenvalue weighted by molar-refractivity contribution is -0.146. The number of hydrogen-bond acceptors (Lipinski definition) is 2. The van der Waals surface area contributed by atoms with Crippen LogP contribution in [-0.4, -0.2) is 35.3 Å². The fourth-order valence-electron chi connectivity index (χ4n) is 2.15. The Balaban J connectivity index is 2.13. The van der Waals surface area contributed by atoms with Gasteiger partial charge in [-0.15, -0.1) is 0 Å². The van der Waals surface area contributed by atoms with E-state index < -0.39 is 5.54 Å². The molecular weight excluding hydrogens is 320 g/mol. The van der Waals surface area contributed by atoms with Crippen LogP contribution in [0.5, 0.6) is 0 Å². The van der Waals surface area contributed by atoms with Gasteiger partial charge in [0.05, 0.1) is 0 Å². The summed E-state index contributed by atoms with van der Waals surface area (Å²) in [4.78, 5) is 25.7. The Morgan fingerprint density at radius 2 is 2.20 bits per heavy atom. The van der Waals surface area contributed by atoms with Crippen LogP contribution in [0.3, 0.4) is 0 Å². The Bertz CT molecular complexity index is 567. The standard InChI is InChI=1S/C15H17BrN2O2/c1-15(2)14(20)17-8-9-18(15)13(19)7-6-11-4-3-5-12(16)10-11/h3-7,10H,8-9H2,1-2H3,(H,17,20). The summed E-state index contributed by atoms with van der Waals surface area (Å²) in [5, 5.41) is 2.78. The summed E-state index contributed by atoms with van der Waals surface area (Å²) in [5.41, 5.74) is 0.128. The van der Waals surface area contributed by atoms with E-state index in [4.69, 9.17) is 0 Å². The van der Waals surface area contributed by atoms with Crippen LogP contribution in [-0.2, 0) is 9.59 Å². The van der Waals surface area contributed by atoms with Crippen LogP contribution in [0.25, 0.3) is 6.08 Å². The van der Waals surface area contributed by atoms with Crippen molar-refractivity contribution in [2.45, 2.75) is 19.4 Å². The van der Waals surface area contributed by atoms with Gasteiger partial charge in [-0.1, -0.05) is 28.1 Å². The topological polar surface area (TPSA) is 49.4 Å². The van der Waals surface area contributed by atoms with E-state index in [0.717, 1.165) is 10.0 Å². The maximum atomic E-state index is 12.3. The lowest BCUT2D eigenvalue weighted by atomic mass is 9.98. The minimum atomic E-state index is -0.809. The quantitative estimate of drug-likeness (QED) is 0.841. The molecule has 1 heterocycles. The van der Waals surface area contributed by atoms with Crippen molar-refractivity contribution in [2.75, 3.05) is 13.1 Å². The third kappa shape index (κ3) is 3.10. The van der Waals surface area contributed by atoms with Gasteiger partial charge in [-0.2, -0.15) is 0 Å². The van der Waals surface area contributed by atoms with E-state index in [1.54, 1.807) is 24.8 Å². The first kappa shape index (κ1) is 14.8. The largest absolute Gasteiger partial charge is 0.352 e. The van der Waals surface area contributed by atoms with E-state index >= 15 is 0 Å². The molecule has 0 spiro atoms. The van der Waals surface area contributed by atoms with Gasteiger partial charge in [0, 0.05) is 23.6 Å². The Hall–Kier alpha value is -1.62. The van der Waals surface area contributed by atoms with Gasteiger partial charge in [0.25, 0.3) is 0 Å². The third-order valence-corrected chi connectivity index (χ3v) is 3.88. The van der Waals surface area contributed by atoms with E-state index in [-0.39, 0.29) is 11.8 Å². The minimum absolute atomic E-state index is 0.118. The molecule has 20 heavy (non-hydrogen) atoms. The zero-order valence-corrected chi connectivity index (χ0v) is 13.1. The van der Waals surface area contributed by atoms with E-state index in [0.29, 0.717) is 13.1 Å². The van der Waals surface area contributed by atoms with Crippen LogP contribution in [0, 0.1) is 0 Å². The summed E-state index contributed by atoms with van der Waals surface area (Å²) in [6.07, 6.45) is 3.28. The van der Waals surface area contributed by atoms with Crippen LogP contribution in [0.4, 0.5) is 0 Å². The normalized spacial score (nSPS) is 18.1. The highest BCUT2D eigenvalue weighted by Gasteiger charge is 2.39. The SMILES string of the molecule is CC1(C)C(=O)NCCN1C(=O)C=Cc1cccc(Br)c1. The van der Waals surface area contributed by atoms with Gasteiger partial charge in [-0.05, 0) is 37.6 Å². The van der Waals surface area contributed by atoms with Gasteiger partial charge in [-0.3, -0.25) is 9.59 Å². The molecule has 0 unspecified atom stereocenters. The monoisotopic (exact) mass is 336 g/mol. The zero-order chi connectivity index (χ0) is 14.8. The Kier molecular flexibility index (Phi) is 4.28. The summed E-state index contributed by atoms with van der Waals surface area (Å²) in [7, 11) is 0. The van der Waals surface area contributed by atoms with E-state index in [2.05, 4.69) is 21.2 Å². The molecule has 4 nitrogen and oxygen atoms in total. The van der Waals surface area contributed by atoms with Crippen molar-refractivity contribution in [3.05, 3.63) is 40.4 Å². The number of hydrogen-bond donors (Lipinski definition) is 1. The number of rotatable bonds is 2. The summed E-state index contributed by atoms with van der Waals surface area (Å²) in [6.45, 7) is 4.54. The van der Waals surface area contributed by atoms with Crippen LogP contribution in [0.1, 0.15) is 19.4 Å². The predicted octanol–water partition coefficient (Wildman–Crippen LogP) is 2.20. The predicted molar refractivity (Wildman–Crippen MR) is 82.0 cm³/mol. The number of nitrogens with zero attached hydrogens (tertiary/aromatic N) is 1. The molecule has 5 heteroatoms. The number of carbonyl (C=O) groups excluding carboxylic acids is 2. The van der Waals surface area contributed by atoms with Crippen molar-refractivity contribution in [1.82, 2.24) is 10.2 Å².